The van der Waals surface area contributed by atoms with Crippen LogP contribution in [0.3, 0.4) is 0 Å². The lowest BCUT2D eigenvalue weighted by molar-refractivity contribution is 0.302. The first-order chi connectivity index (χ1) is 7.03. The third kappa shape index (κ3) is 5.01. The highest BCUT2D eigenvalue weighted by atomic mass is 14.9. The summed E-state index contributed by atoms with van der Waals surface area (Å²) in [6, 6.07) is 0. The second-order valence-electron chi connectivity index (χ2n) is 6.22. The van der Waals surface area contributed by atoms with Gasteiger partial charge in [-0.3, -0.25) is 0 Å². The minimum Gasteiger partial charge on any atom is -0.312 e. The van der Waals surface area contributed by atoms with E-state index in [1.54, 1.807) is 0 Å². The van der Waals surface area contributed by atoms with E-state index in [1.807, 2.05) is 0 Å². The summed E-state index contributed by atoms with van der Waals surface area (Å²) in [6.45, 7) is 10.3. The molecule has 0 aromatic heterocycles. The first-order valence-corrected chi connectivity index (χ1v) is 6.78. The highest BCUT2D eigenvalue weighted by molar-refractivity contribution is 4.81. The number of rotatable bonds is 5. The van der Waals surface area contributed by atoms with Crippen LogP contribution in [0.1, 0.15) is 66.2 Å². The van der Waals surface area contributed by atoms with Crippen molar-refractivity contribution in [2.24, 2.45) is 11.8 Å². The highest BCUT2D eigenvalue weighted by Gasteiger charge is 2.27. The molecule has 1 fully saturated rings. The molecule has 15 heavy (non-hydrogen) atoms. The molecule has 0 saturated heterocycles. The standard InChI is InChI=1S/C14H29N/c1-5-6-8-12-9-7-10-13(12)11-15-14(2,3)4/h12-13,15H,5-11H2,1-4H3. The smallest absolute Gasteiger partial charge is 0.00966 e. The lowest BCUT2D eigenvalue weighted by Gasteiger charge is -2.26. The van der Waals surface area contributed by atoms with Gasteiger partial charge in [0.1, 0.15) is 0 Å². The Hall–Kier alpha value is -0.0400. The van der Waals surface area contributed by atoms with Crippen LogP contribution >= 0.6 is 0 Å². The van der Waals surface area contributed by atoms with Crippen molar-refractivity contribution in [2.45, 2.75) is 71.8 Å². The molecule has 1 nitrogen and oxygen atoms in total. The fraction of sp³-hybridized carbons (Fsp3) is 1.00. The fourth-order valence-electron chi connectivity index (χ4n) is 2.67. The van der Waals surface area contributed by atoms with Crippen LogP contribution in [0, 0.1) is 11.8 Å². The lowest BCUT2D eigenvalue weighted by Crippen LogP contribution is -2.39. The molecule has 2 atom stereocenters. The molecular formula is C14H29N. The Morgan fingerprint density at radius 3 is 2.40 bits per heavy atom. The van der Waals surface area contributed by atoms with Gasteiger partial charge in [0, 0.05) is 5.54 Å². The van der Waals surface area contributed by atoms with Crippen LogP contribution in [-0.4, -0.2) is 12.1 Å². The van der Waals surface area contributed by atoms with Crippen molar-refractivity contribution in [1.82, 2.24) is 5.32 Å². The van der Waals surface area contributed by atoms with Gasteiger partial charge in [-0.25, -0.2) is 0 Å². The monoisotopic (exact) mass is 211 g/mol. The van der Waals surface area contributed by atoms with E-state index in [9.17, 15) is 0 Å². The number of hydrogen-bond donors (Lipinski definition) is 1. The Bertz CT molecular complexity index is 169. The quantitative estimate of drug-likeness (QED) is 0.725. The molecular weight excluding hydrogens is 182 g/mol. The van der Waals surface area contributed by atoms with Crippen LogP contribution in [0.2, 0.25) is 0 Å². The average Bonchev–Trinajstić information content (AvgIpc) is 2.57. The molecule has 0 radical (unpaired) electrons. The topological polar surface area (TPSA) is 12.0 Å². The fourth-order valence-corrected chi connectivity index (χ4v) is 2.67. The van der Waals surface area contributed by atoms with Gasteiger partial charge >= 0.3 is 0 Å². The van der Waals surface area contributed by atoms with E-state index in [1.165, 1.54) is 45.1 Å². The van der Waals surface area contributed by atoms with Crippen LogP contribution in [0.4, 0.5) is 0 Å². The first-order valence-electron chi connectivity index (χ1n) is 6.78. The first kappa shape index (κ1) is 13.0. The summed E-state index contributed by atoms with van der Waals surface area (Å²) in [5.74, 6) is 1.97. The predicted molar refractivity (Wildman–Crippen MR) is 68.1 cm³/mol. The molecule has 0 heterocycles. The second-order valence-corrected chi connectivity index (χ2v) is 6.22. The Morgan fingerprint density at radius 1 is 1.13 bits per heavy atom. The molecule has 0 bridgehead atoms. The Balaban J connectivity index is 2.27. The van der Waals surface area contributed by atoms with E-state index < -0.39 is 0 Å². The second kappa shape index (κ2) is 5.89. The third-order valence-corrected chi connectivity index (χ3v) is 3.64. The van der Waals surface area contributed by atoms with Crippen molar-refractivity contribution in [3.8, 4) is 0 Å². The van der Waals surface area contributed by atoms with Gasteiger partial charge in [0.2, 0.25) is 0 Å². The molecule has 0 aliphatic heterocycles. The number of nitrogens with one attached hydrogen (secondary N) is 1. The molecule has 0 spiro atoms. The van der Waals surface area contributed by atoms with E-state index in [2.05, 4.69) is 33.0 Å². The van der Waals surface area contributed by atoms with Gasteiger partial charge in [-0.15, -0.1) is 0 Å². The summed E-state index contributed by atoms with van der Waals surface area (Å²) >= 11 is 0. The Kier molecular flexibility index (Phi) is 5.11. The highest BCUT2D eigenvalue weighted by Crippen LogP contribution is 2.35. The Morgan fingerprint density at radius 2 is 1.80 bits per heavy atom. The van der Waals surface area contributed by atoms with Crippen LogP contribution in [0.5, 0.6) is 0 Å². The van der Waals surface area contributed by atoms with Gasteiger partial charge in [0.15, 0.2) is 0 Å². The zero-order valence-electron chi connectivity index (χ0n) is 11.1. The summed E-state index contributed by atoms with van der Waals surface area (Å²) in [5, 5.41) is 3.67. The van der Waals surface area contributed by atoms with E-state index in [-0.39, 0.29) is 5.54 Å². The van der Waals surface area contributed by atoms with Crippen LogP contribution in [0.25, 0.3) is 0 Å². The maximum atomic E-state index is 3.67. The van der Waals surface area contributed by atoms with E-state index in [0.29, 0.717) is 0 Å². The van der Waals surface area contributed by atoms with Crippen molar-refractivity contribution in [3.05, 3.63) is 0 Å². The maximum Gasteiger partial charge on any atom is 0.00966 e. The average molecular weight is 211 g/mol. The van der Waals surface area contributed by atoms with Gasteiger partial charge < -0.3 is 5.32 Å². The van der Waals surface area contributed by atoms with E-state index >= 15 is 0 Å². The molecule has 90 valence electrons. The van der Waals surface area contributed by atoms with Crippen molar-refractivity contribution >= 4 is 0 Å². The van der Waals surface area contributed by atoms with Crippen LogP contribution in [-0.2, 0) is 0 Å². The predicted octanol–water partition coefficient (Wildman–Crippen LogP) is 3.98. The lowest BCUT2D eigenvalue weighted by atomic mass is 9.90. The minimum absolute atomic E-state index is 0.290. The van der Waals surface area contributed by atoms with Gasteiger partial charge in [0.05, 0.1) is 0 Å². The van der Waals surface area contributed by atoms with Crippen molar-refractivity contribution in [2.75, 3.05) is 6.54 Å². The van der Waals surface area contributed by atoms with E-state index in [4.69, 9.17) is 0 Å². The van der Waals surface area contributed by atoms with Crippen molar-refractivity contribution < 1.29 is 0 Å². The molecule has 1 heteroatoms. The van der Waals surface area contributed by atoms with Crippen molar-refractivity contribution in [3.63, 3.8) is 0 Å². The van der Waals surface area contributed by atoms with Gasteiger partial charge in [-0.1, -0.05) is 39.0 Å². The van der Waals surface area contributed by atoms with Crippen molar-refractivity contribution in [1.29, 1.82) is 0 Å². The summed E-state index contributed by atoms with van der Waals surface area (Å²) < 4.78 is 0. The van der Waals surface area contributed by atoms with Gasteiger partial charge in [0.25, 0.3) is 0 Å². The summed E-state index contributed by atoms with van der Waals surface area (Å²) in [6.07, 6.45) is 8.65. The summed E-state index contributed by atoms with van der Waals surface area (Å²) in [5.41, 5.74) is 0.290. The van der Waals surface area contributed by atoms with Gasteiger partial charge in [-0.05, 0) is 45.6 Å². The third-order valence-electron chi connectivity index (χ3n) is 3.64. The number of unbranched alkanes of at least 4 members (excludes halogenated alkanes) is 1. The molecule has 0 amide bonds. The molecule has 2 unspecified atom stereocenters. The summed E-state index contributed by atoms with van der Waals surface area (Å²) in [4.78, 5) is 0. The maximum absolute atomic E-state index is 3.67. The number of hydrogen-bond acceptors (Lipinski definition) is 1. The van der Waals surface area contributed by atoms with E-state index in [0.717, 1.165) is 11.8 Å². The van der Waals surface area contributed by atoms with Crippen LogP contribution in [0.15, 0.2) is 0 Å². The summed E-state index contributed by atoms with van der Waals surface area (Å²) in [7, 11) is 0. The zero-order chi connectivity index (χ0) is 11.3. The molecule has 0 aromatic carbocycles. The Labute approximate surface area is 96.0 Å². The SMILES string of the molecule is CCCCC1CCCC1CNC(C)(C)C. The van der Waals surface area contributed by atoms with Crippen LogP contribution < -0.4 is 5.32 Å². The normalized spacial score (nSPS) is 27.2. The minimum atomic E-state index is 0.290. The molecule has 1 aliphatic carbocycles. The largest absolute Gasteiger partial charge is 0.312 e. The van der Waals surface area contributed by atoms with Gasteiger partial charge in [-0.2, -0.15) is 0 Å². The molecule has 1 rings (SSSR count). The molecule has 1 N–H and O–H groups in total. The zero-order valence-corrected chi connectivity index (χ0v) is 11.1. The molecule has 0 aromatic rings. The molecule has 1 saturated carbocycles. The molecule has 1 aliphatic rings.